The van der Waals surface area contributed by atoms with Gasteiger partial charge < -0.3 is 5.11 Å². The lowest BCUT2D eigenvalue weighted by molar-refractivity contribution is -0.151. The Bertz CT molecular complexity index is 722. The molecule has 2 atom stereocenters. The maximum absolute atomic E-state index is 12.8. The lowest BCUT2D eigenvalue weighted by Gasteiger charge is -2.36. The van der Waals surface area contributed by atoms with Crippen molar-refractivity contribution >= 4 is 11.8 Å². The minimum absolute atomic E-state index is 0.173. The van der Waals surface area contributed by atoms with E-state index in [1.807, 2.05) is 42.5 Å². The average Bonchev–Trinajstić information content (AvgIpc) is 2.60. The van der Waals surface area contributed by atoms with Gasteiger partial charge in [-0.05, 0) is 32.1 Å². The fourth-order valence-electron chi connectivity index (χ4n) is 2.73. The second-order valence-electron chi connectivity index (χ2n) is 6.38. The lowest BCUT2D eigenvalue weighted by atomic mass is 9.80. The highest BCUT2D eigenvalue weighted by molar-refractivity contribution is 6.02. The number of hydrogen-bond donors (Lipinski definition) is 1. The minimum atomic E-state index is -1.25. The van der Waals surface area contributed by atoms with Crippen molar-refractivity contribution in [2.75, 3.05) is 14.1 Å². The van der Waals surface area contributed by atoms with Gasteiger partial charge in [-0.1, -0.05) is 61.5 Å². The maximum Gasteiger partial charge on any atom is 0.324 e. The summed E-state index contributed by atoms with van der Waals surface area (Å²) in [5.41, 5.74) is 1.37. The number of carbonyl (C=O) groups is 2. The summed E-state index contributed by atoms with van der Waals surface area (Å²) in [6, 6.07) is 17.2. The molecule has 0 aliphatic rings. The number of Topliss-reactive ketones (excluding diaryl/α,β-unsaturated/α-hetero) is 1. The van der Waals surface area contributed by atoms with E-state index in [1.54, 1.807) is 45.0 Å². The van der Waals surface area contributed by atoms with E-state index in [2.05, 4.69) is 0 Å². The molecule has 0 amide bonds. The van der Waals surface area contributed by atoms with Gasteiger partial charge in [-0.25, -0.2) is 0 Å². The van der Waals surface area contributed by atoms with Crippen LogP contribution in [0.2, 0.25) is 0 Å². The Balaban J connectivity index is 2.28. The second-order valence-corrected chi connectivity index (χ2v) is 6.38. The molecule has 0 heterocycles. The number of likely N-dealkylation sites (N-methyl/N-ethyl adjacent to an activating group) is 1. The molecular weight excluding hydrogens is 302 g/mol. The van der Waals surface area contributed by atoms with Crippen LogP contribution in [-0.4, -0.2) is 41.4 Å². The van der Waals surface area contributed by atoms with Gasteiger partial charge in [0.25, 0.3) is 0 Å². The highest BCUT2D eigenvalue weighted by atomic mass is 16.4. The number of hydrogen-bond acceptors (Lipinski definition) is 3. The molecule has 126 valence electrons. The number of benzene rings is 2. The van der Waals surface area contributed by atoms with Crippen molar-refractivity contribution in [2.45, 2.75) is 19.4 Å². The molecule has 0 saturated heterocycles. The molecule has 2 aromatic rings. The van der Waals surface area contributed by atoms with Crippen LogP contribution in [0.1, 0.15) is 24.2 Å². The topological polar surface area (TPSA) is 57.6 Å². The van der Waals surface area contributed by atoms with Gasteiger partial charge in [0.15, 0.2) is 5.78 Å². The van der Waals surface area contributed by atoms with Gasteiger partial charge in [-0.15, -0.1) is 0 Å². The van der Waals surface area contributed by atoms with Gasteiger partial charge in [0.2, 0.25) is 0 Å². The number of carbonyl (C=O) groups excluding carboxylic acids is 1. The summed E-state index contributed by atoms with van der Waals surface area (Å²) >= 11 is 0. The van der Waals surface area contributed by atoms with E-state index in [0.717, 1.165) is 11.1 Å². The van der Waals surface area contributed by atoms with Gasteiger partial charge in [0.05, 0.1) is 0 Å². The molecule has 0 aliphatic heterocycles. The summed E-state index contributed by atoms with van der Waals surface area (Å²) < 4.78 is 0. The molecular formula is C20H23NO3. The van der Waals surface area contributed by atoms with E-state index in [-0.39, 0.29) is 5.78 Å². The summed E-state index contributed by atoms with van der Waals surface area (Å²) in [6.07, 6.45) is 0. The fraction of sp³-hybridized carbons (Fsp3) is 0.300. The van der Waals surface area contributed by atoms with Crippen LogP contribution >= 0.6 is 0 Å². The third kappa shape index (κ3) is 3.24. The van der Waals surface area contributed by atoms with Gasteiger partial charge >= 0.3 is 5.97 Å². The lowest BCUT2D eigenvalue weighted by Crippen LogP contribution is -2.55. The fourth-order valence-corrected chi connectivity index (χ4v) is 2.73. The van der Waals surface area contributed by atoms with E-state index < -0.39 is 17.4 Å². The van der Waals surface area contributed by atoms with Crippen molar-refractivity contribution in [3.05, 3.63) is 60.2 Å². The number of nitrogens with zero attached hydrogens (tertiary/aromatic N) is 1. The number of carboxylic acids is 1. The van der Waals surface area contributed by atoms with E-state index in [4.69, 9.17) is 0 Å². The molecule has 0 aromatic heterocycles. The highest BCUT2D eigenvalue weighted by Crippen LogP contribution is 2.27. The monoisotopic (exact) mass is 325 g/mol. The minimum Gasteiger partial charge on any atom is -0.480 e. The zero-order chi connectivity index (χ0) is 17.9. The summed E-state index contributed by atoms with van der Waals surface area (Å²) in [4.78, 5) is 26.0. The first-order valence-corrected chi connectivity index (χ1v) is 7.89. The molecule has 0 fully saturated rings. The molecule has 2 unspecified atom stereocenters. The Hall–Kier alpha value is -2.46. The van der Waals surface area contributed by atoms with E-state index in [1.165, 1.54) is 0 Å². The number of aliphatic carboxylic acids is 1. The highest BCUT2D eigenvalue weighted by Gasteiger charge is 2.44. The Morgan fingerprint density at radius 1 is 0.958 bits per heavy atom. The molecule has 2 aromatic carbocycles. The van der Waals surface area contributed by atoms with Gasteiger partial charge in [0.1, 0.15) is 5.54 Å². The zero-order valence-corrected chi connectivity index (χ0v) is 14.5. The van der Waals surface area contributed by atoms with E-state index in [0.29, 0.717) is 5.56 Å². The van der Waals surface area contributed by atoms with E-state index in [9.17, 15) is 14.7 Å². The Morgan fingerprint density at radius 3 is 1.92 bits per heavy atom. The second kappa shape index (κ2) is 6.97. The van der Waals surface area contributed by atoms with Crippen LogP contribution in [0.5, 0.6) is 0 Å². The van der Waals surface area contributed by atoms with Crippen LogP contribution in [0.25, 0.3) is 11.1 Å². The summed E-state index contributed by atoms with van der Waals surface area (Å²) in [7, 11) is 3.35. The predicted molar refractivity (Wildman–Crippen MR) is 95.1 cm³/mol. The first-order valence-electron chi connectivity index (χ1n) is 7.89. The zero-order valence-electron chi connectivity index (χ0n) is 14.5. The van der Waals surface area contributed by atoms with Crippen LogP contribution in [-0.2, 0) is 4.79 Å². The largest absolute Gasteiger partial charge is 0.480 e. The smallest absolute Gasteiger partial charge is 0.324 e. The van der Waals surface area contributed by atoms with Crippen molar-refractivity contribution in [1.82, 2.24) is 4.90 Å². The van der Waals surface area contributed by atoms with Crippen molar-refractivity contribution in [2.24, 2.45) is 5.92 Å². The Kier molecular flexibility index (Phi) is 5.20. The molecule has 4 nitrogen and oxygen atoms in total. The quantitative estimate of drug-likeness (QED) is 0.825. The third-order valence-electron chi connectivity index (χ3n) is 4.87. The third-order valence-corrected chi connectivity index (χ3v) is 4.87. The average molecular weight is 325 g/mol. The molecule has 4 heteroatoms. The summed E-state index contributed by atoms with van der Waals surface area (Å²) in [5.74, 6) is -1.85. The first-order chi connectivity index (χ1) is 11.3. The molecule has 24 heavy (non-hydrogen) atoms. The maximum atomic E-state index is 12.8. The van der Waals surface area contributed by atoms with Crippen molar-refractivity contribution in [3.8, 4) is 11.1 Å². The molecule has 0 radical (unpaired) electrons. The van der Waals surface area contributed by atoms with Crippen LogP contribution in [0.3, 0.4) is 0 Å². The van der Waals surface area contributed by atoms with Crippen LogP contribution < -0.4 is 0 Å². The Morgan fingerprint density at radius 2 is 1.46 bits per heavy atom. The molecule has 0 saturated carbocycles. The van der Waals surface area contributed by atoms with Gasteiger partial charge in [0, 0.05) is 11.5 Å². The SMILES string of the molecule is CC(C(=O)c1ccc(-c2ccccc2)cc1)C(C)(C(=O)O)N(C)C. The van der Waals surface area contributed by atoms with E-state index >= 15 is 0 Å². The van der Waals surface area contributed by atoms with Crippen molar-refractivity contribution in [1.29, 1.82) is 0 Å². The molecule has 0 aliphatic carbocycles. The van der Waals surface area contributed by atoms with Gasteiger partial charge in [-0.2, -0.15) is 0 Å². The number of rotatable bonds is 6. The van der Waals surface area contributed by atoms with Gasteiger partial charge in [-0.3, -0.25) is 14.5 Å². The molecule has 0 bridgehead atoms. The van der Waals surface area contributed by atoms with Crippen molar-refractivity contribution in [3.63, 3.8) is 0 Å². The number of ketones is 1. The predicted octanol–water partition coefficient (Wildman–Crippen LogP) is 3.58. The Labute approximate surface area is 142 Å². The van der Waals surface area contributed by atoms with Crippen molar-refractivity contribution < 1.29 is 14.7 Å². The first kappa shape index (κ1) is 17.9. The summed E-state index contributed by atoms with van der Waals surface area (Å²) in [5, 5.41) is 9.57. The molecule has 0 spiro atoms. The van der Waals surface area contributed by atoms with Crippen LogP contribution in [0.15, 0.2) is 54.6 Å². The molecule has 2 rings (SSSR count). The summed E-state index contributed by atoms with van der Waals surface area (Å²) in [6.45, 7) is 3.25. The standard InChI is InChI=1S/C20H23NO3/c1-14(20(2,19(23)24)21(3)4)18(22)17-12-10-16(11-13-17)15-8-6-5-7-9-15/h5-14H,1-4H3,(H,23,24). The van der Waals surface area contributed by atoms with Crippen LogP contribution in [0.4, 0.5) is 0 Å². The normalized spacial score (nSPS) is 14.9. The molecule has 1 N–H and O–H groups in total. The number of carboxylic acid groups (broad SMARTS) is 1. The van der Waals surface area contributed by atoms with Crippen LogP contribution in [0, 0.1) is 5.92 Å².